The molecule has 0 bridgehead atoms. The van der Waals surface area contributed by atoms with E-state index in [4.69, 9.17) is 16.2 Å². The maximum absolute atomic E-state index is 6.11. The SMILES string of the molecule is CC1(C)CC(C)(c2ccc(Oc3ccc(N)cc3)cc2)c2cc(N)ccc21. The van der Waals surface area contributed by atoms with Crippen LogP contribution < -0.4 is 16.2 Å². The molecule has 0 aromatic heterocycles. The van der Waals surface area contributed by atoms with Gasteiger partial charge in [-0.3, -0.25) is 0 Å². The van der Waals surface area contributed by atoms with Crippen molar-refractivity contribution >= 4 is 11.4 Å². The van der Waals surface area contributed by atoms with E-state index in [0.29, 0.717) is 0 Å². The molecule has 1 aliphatic rings. The Kier molecular flexibility index (Phi) is 3.92. The lowest BCUT2D eigenvalue weighted by molar-refractivity contribution is 0.424. The molecule has 4 N–H and O–H groups in total. The molecule has 0 saturated carbocycles. The van der Waals surface area contributed by atoms with E-state index in [1.165, 1.54) is 16.7 Å². The third kappa shape index (κ3) is 3.03. The largest absolute Gasteiger partial charge is 0.457 e. The van der Waals surface area contributed by atoms with Crippen molar-refractivity contribution in [2.45, 2.75) is 38.0 Å². The van der Waals surface area contributed by atoms with Gasteiger partial charge in [0.2, 0.25) is 0 Å². The van der Waals surface area contributed by atoms with E-state index in [2.05, 4.69) is 45.0 Å². The third-order valence-corrected chi connectivity index (χ3v) is 5.77. The zero-order chi connectivity index (χ0) is 19.2. The molecular weight excluding hydrogens is 332 g/mol. The van der Waals surface area contributed by atoms with Crippen LogP contribution in [0.1, 0.15) is 43.9 Å². The Morgan fingerprint density at radius 3 is 1.89 bits per heavy atom. The number of rotatable bonds is 3. The average Bonchev–Trinajstić information content (AvgIpc) is 2.84. The van der Waals surface area contributed by atoms with E-state index < -0.39 is 0 Å². The minimum Gasteiger partial charge on any atom is -0.457 e. The molecular formula is C24H26N2O. The first-order chi connectivity index (χ1) is 12.8. The molecule has 3 aromatic carbocycles. The van der Waals surface area contributed by atoms with Gasteiger partial charge in [-0.1, -0.05) is 39.0 Å². The molecule has 27 heavy (non-hydrogen) atoms. The second-order valence-corrected chi connectivity index (χ2v) is 8.39. The Balaban J connectivity index is 1.66. The molecule has 0 aliphatic heterocycles. The van der Waals surface area contributed by atoms with Crippen molar-refractivity contribution in [1.82, 2.24) is 0 Å². The lowest BCUT2D eigenvalue weighted by Gasteiger charge is -2.28. The summed E-state index contributed by atoms with van der Waals surface area (Å²) >= 11 is 0. The number of ether oxygens (including phenoxy) is 1. The lowest BCUT2D eigenvalue weighted by Crippen LogP contribution is -2.23. The second-order valence-electron chi connectivity index (χ2n) is 8.39. The van der Waals surface area contributed by atoms with Crippen molar-refractivity contribution in [3.63, 3.8) is 0 Å². The van der Waals surface area contributed by atoms with Gasteiger partial charge in [-0.25, -0.2) is 0 Å². The molecule has 1 unspecified atom stereocenters. The van der Waals surface area contributed by atoms with Crippen LogP contribution >= 0.6 is 0 Å². The summed E-state index contributed by atoms with van der Waals surface area (Å²) in [4.78, 5) is 0. The minimum atomic E-state index is -0.0616. The number of hydrogen-bond acceptors (Lipinski definition) is 3. The molecule has 138 valence electrons. The highest BCUT2D eigenvalue weighted by Crippen LogP contribution is 2.53. The van der Waals surface area contributed by atoms with Gasteiger partial charge in [0, 0.05) is 16.8 Å². The summed E-state index contributed by atoms with van der Waals surface area (Å²) < 4.78 is 5.94. The first kappa shape index (κ1) is 17.5. The number of hydrogen-bond donors (Lipinski definition) is 2. The van der Waals surface area contributed by atoms with Gasteiger partial charge in [-0.2, -0.15) is 0 Å². The molecule has 1 aliphatic carbocycles. The Hall–Kier alpha value is -2.94. The Morgan fingerprint density at radius 1 is 0.704 bits per heavy atom. The maximum atomic E-state index is 6.11. The van der Waals surface area contributed by atoms with Gasteiger partial charge in [0.25, 0.3) is 0 Å². The molecule has 0 spiro atoms. The molecule has 4 rings (SSSR count). The van der Waals surface area contributed by atoms with Crippen molar-refractivity contribution in [3.05, 3.63) is 83.4 Å². The van der Waals surface area contributed by atoms with Gasteiger partial charge in [-0.15, -0.1) is 0 Å². The summed E-state index contributed by atoms with van der Waals surface area (Å²) in [5.74, 6) is 1.60. The second kappa shape index (κ2) is 6.05. The summed E-state index contributed by atoms with van der Waals surface area (Å²) in [5, 5.41) is 0. The van der Waals surface area contributed by atoms with Crippen molar-refractivity contribution in [3.8, 4) is 11.5 Å². The lowest BCUT2D eigenvalue weighted by atomic mass is 9.75. The van der Waals surface area contributed by atoms with Crippen LogP contribution in [0.3, 0.4) is 0 Å². The van der Waals surface area contributed by atoms with Crippen LogP contribution in [0, 0.1) is 0 Å². The smallest absolute Gasteiger partial charge is 0.127 e. The molecule has 0 heterocycles. The van der Waals surface area contributed by atoms with Crippen molar-refractivity contribution in [2.75, 3.05) is 11.5 Å². The van der Waals surface area contributed by atoms with Crippen LogP contribution in [0.15, 0.2) is 66.7 Å². The summed E-state index contributed by atoms with van der Waals surface area (Å²) in [5.41, 5.74) is 17.5. The molecule has 0 saturated heterocycles. The highest BCUT2D eigenvalue weighted by molar-refractivity contribution is 5.57. The van der Waals surface area contributed by atoms with E-state index in [-0.39, 0.29) is 10.8 Å². The van der Waals surface area contributed by atoms with Crippen molar-refractivity contribution in [2.24, 2.45) is 0 Å². The van der Waals surface area contributed by atoms with Gasteiger partial charge in [-0.05, 0) is 77.1 Å². The maximum Gasteiger partial charge on any atom is 0.127 e. The standard InChI is InChI=1S/C24H26N2O/c1-23(2)15-24(3,22-14-18(26)8-13-21(22)23)16-4-9-19(10-5-16)27-20-11-6-17(25)7-12-20/h4-14H,15,25-26H2,1-3H3. The predicted octanol–water partition coefficient (Wildman–Crippen LogP) is 5.63. The topological polar surface area (TPSA) is 61.3 Å². The zero-order valence-electron chi connectivity index (χ0n) is 16.1. The van der Waals surface area contributed by atoms with Crippen LogP contribution in [-0.4, -0.2) is 0 Å². The van der Waals surface area contributed by atoms with Crippen LogP contribution in [0.4, 0.5) is 11.4 Å². The van der Waals surface area contributed by atoms with Gasteiger partial charge >= 0.3 is 0 Å². The Bertz CT molecular complexity index is 974. The number of anilines is 2. The number of benzene rings is 3. The molecule has 1 atom stereocenters. The van der Waals surface area contributed by atoms with E-state index in [9.17, 15) is 0 Å². The normalized spacial score (nSPS) is 20.3. The fourth-order valence-electron chi connectivity index (χ4n) is 4.50. The van der Waals surface area contributed by atoms with Gasteiger partial charge in [0.15, 0.2) is 0 Å². The molecule has 3 aromatic rings. The van der Waals surface area contributed by atoms with Gasteiger partial charge < -0.3 is 16.2 Å². The first-order valence-electron chi connectivity index (χ1n) is 9.32. The fourth-order valence-corrected chi connectivity index (χ4v) is 4.50. The van der Waals surface area contributed by atoms with Gasteiger partial charge in [0.1, 0.15) is 11.5 Å². The highest BCUT2D eigenvalue weighted by atomic mass is 16.5. The van der Waals surface area contributed by atoms with Crippen LogP contribution in [0.5, 0.6) is 11.5 Å². The fraction of sp³-hybridized carbons (Fsp3) is 0.250. The van der Waals surface area contributed by atoms with E-state index >= 15 is 0 Å². The predicted molar refractivity (Wildman–Crippen MR) is 112 cm³/mol. The monoisotopic (exact) mass is 358 g/mol. The Morgan fingerprint density at radius 2 is 1.26 bits per heavy atom. The molecule has 0 radical (unpaired) electrons. The van der Waals surface area contributed by atoms with E-state index in [1.807, 2.05) is 42.5 Å². The molecule has 3 nitrogen and oxygen atoms in total. The van der Waals surface area contributed by atoms with Crippen molar-refractivity contribution < 1.29 is 4.74 Å². The third-order valence-electron chi connectivity index (χ3n) is 5.77. The summed E-state index contributed by atoms with van der Waals surface area (Å²) in [6, 6.07) is 22.2. The number of fused-ring (bicyclic) bond motifs is 1. The van der Waals surface area contributed by atoms with Gasteiger partial charge in [0.05, 0.1) is 0 Å². The summed E-state index contributed by atoms with van der Waals surface area (Å²) in [7, 11) is 0. The quantitative estimate of drug-likeness (QED) is 0.596. The number of nitrogen functional groups attached to an aromatic ring is 2. The average molecular weight is 358 g/mol. The van der Waals surface area contributed by atoms with Crippen LogP contribution in [0.25, 0.3) is 0 Å². The highest BCUT2D eigenvalue weighted by Gasteiger charge is 2.45. The number of nitrogens with two attached hydrogens (primary N) is 2. The first-order valence-corrected chi connectivity index (χ1v) is 9.32. The minimum absolute atomic E-state index is 0.0616. The molecule has 0 amide bonds. The molecule has 0 fully saturated rings. The Labute approximate surface area is 161 Å². The van der Waals surface area contributed by atoms with Crippen LogP contribution in [-0.2, 0) is 10.8 Å². The molecule has 3 heteroatoms. The van der Waals surface area contributed by atoms with E-state index in [1.54, 1.807) is 0 Å². The summed E-state index contributed by atoms with van der Waals surface area (Å²) in [6.45, 7) is 6.94. The zero-order valence-corrected chi connectivity index (χ0v) is 16.1. The summed E-state index contributed by atoms with van der Waals surface area (Å²) in [6.07, 6.45) is 1.05. The van der Waals surface area contributed by atoms with Crippen molar-refractivity contribution in [1.29, 1.82) is 0 Å². The van der Waals surface area contributed by atoms with E-state index in [0.717, 1.165) is 29.3 Å². The van der Waals surface area contributed by atoms with Crippen LogP contribution in [0.2, 0.25) is 0 Å².